The lowest BCUT2D eigenvalue weighted by molar-refractivity contribution is -0.139. The van der Waals surface area contributed by atoms with Crippen LogP contribution in [0.1, 0.15) is 24.0 Å². The Labute approximate surface area is 165 Å². The number of amides is 2. The predicted octanol–water partition coefficient (Wildman–Crippen LogP) is 2.18. The minimum atomic E-state index is -0.633. The number of methoxy groups -OCH3 is 1. The molecule has 0 radical (unpaired) electrons. The highest BCUT2D eigenvalue weighted by molar-refractivity contribution is 6.35. The van der Waals surface area contributed by atoms with Gasteiger partial charge in [-0.05, 0) is 24.5 Å². The maximum Gasteiger partial charge on any atom is 0.309 e. The first kappa shape index (κ1) is 19.9. The molecule has 2 aromatic carbocycles. The summed E-state index contributed by atoms with van der Waals surface area (Å²) in [5.41, 5.74) is 1.66. The molecule has 28 heavy (non-hydrogen) atoms. The van der Waals surface area contributed by atoms with Gasteiger partial charge < -0.3 is 20.1 Å². The highest BCUT2D eigenvalue weighted by atomic mass is 16.5. The van der Waals surface area contributed by atoms with Crippen molar-refractivity contribution in [3.63, 3.8) is 0 Å². The first-order chi connectivity index (χ1) is 13.6. The van der Waals surface area contributed by atoms with Crippen LogP contribution in [0.5, 0.6) is 5.75 Å². The zero-order chi connectivity index (χ0) is 19.8. The second kappa shape index (κ2) is 9.37. The molecule has 1 saturated heterocycles. The molecule has 3 rings (SSSR count). The standard InChI is InChI=1S/C22H26N2O4/c1-27-19-10-6-5-9-18(19)22(11-13-28-14-12-22)16-24-21(26)20(25)23-15-17-7-3-2-4-8-17/h2-10H,11-16H2,1H3,(H,23,25)(H,24,26). The van der Waals surface area contributed by atoms with Crippen molar-refractivity contribution in [3.05, 3.63) is 65.7 Å². The van der Waals surface area contributed by atoms with E-state index in [4.69, 9.17) is 9.47 Å². The summed E-state index contributed by atoms with van der Waals surface area (Å²) in [6, 6.07) is 17.3. The molecule has 2 N–H and O–H groups in total. The third kappa shape index (κ3) is 4.70. The summed E-state index contributed by atoms with van der Waals surface area (Å²) in [6.07, 6.45) is 1.50. The van der Waals surface area contributed by atoms with Crippen LogP contribution in [0.3, 0.4) is 0 Å². The minimum Gasteiger partial charge on any atom is -0.496 e. The summed E-state index contributed by atoms with van der Waals surface area (Å²) < 4.78 is 11.1. The van der Waals surface area contributed by atoms with Crippen molar-refractivity contribution in [3.8, 4) is 5.75 Å². The van der Waals surface area contributed by atoms with E-state index in [0.717, 1.165) is 29.7 Å². The molecule has 0 atom stereocenters. The fourth-order valence-corrected chi connectivity index (χ4v) is 3.57. The third-order valence-corrected chi connectivity index (χ3v) is 5.22. The van der Waals surface area contributed by atoms with Gasteiger partial charge in [-0.15, -0.1) is 0 Å². The van der Waals surface area contributed by atoms with E-state index in [2.05, 4.69) is 10.6 Å². The van der Waals surface area contributed by atoms with Crippen LogP contribution in [0.25, 0.3) is 0 Å². The minimum absolute atomic E-state index is 0.318. The highest BCUT2D eigenvalue weighted by Gasteiger charge is 2.37. The van der Waals surface area contributed by atoms with Crippen molar-refractivity contribution < 1.29 is 19.1 Å². The van der Waals surface area contributed by atoms with Gasteiger partial charge >= 0.3 is 11.8 Å². The molecule has 0 saturated carbocycles. The summed E-state index contributed by atoms with van der Waals surface area (Å²) >= 11 is 0. The van der Waals surface area contributed by atoms with E-state index in [9.17, 15) is 9.59 Å². The molecule has 0 aromatic heterocycles. The van der Waals surface area contributed by atoms with Gasteiger partial charge in [-0.25, -0.2) is 0 Å². The molecule has 1 heterocycles. The number of ether oxygens (including phenoxy) is 2. The number of hydrogen-bond acceptors (Lipinski definition) is 4. The van der Waals surface area contributed by atoms with Gasteiger partial charge in [0.15, 0.2) is 0 Å². The summed E-state index contributed by atoms with van der Waals surface area (Å²) in [5.74, 6) is -0.477. The average Bonchev–Trinajstić information content (AvgIpc) is 2.77. The first-order valence-electron chi connectivity index (χ1n) is 9.46. The van der Waals surface area contributed by atoms with Gasteiger partial charge in [0.25, 0.3) is 0 Å². The van der Waals surface area contributed by atoms with Crippen molar-refractivity contribution in [1.29, 1.82) is 0 Å². The van der Waals surface area contributed by atoms with Gasteiger partial charge in [-0.2, -0.15) is 0 Å². The largest absolute Gasteiger partial charge is 0.496 e. The Balaban J connectivity index is 1.65. The number of benzene rings is 2. The van der Waals surface area contributed by atoms with Crippen LogP contribution in [0.15, 0.2) is 54.6 Å². The van der Waals surface area contributed by atoms with E-state index in [-0.39, 0.29) is 5.41 Å². The van der Waals surface area contributed by atoms with Crippen molar-refractivity contribution >= 4 is 11.8 Å². The van der Waals surface area contributed by atoms with E-state index in [1.54, 1.807) is 7.11 Å². The molecule has 2 amide bonds. The normalized spacial score (nSPS) is 15.5. The number of para-hydroxylation sites is 1. The van der Waals surface area contributed by atoms with Crippen LogP contribution in [0.4, 0.5) is 0 Å². The van der Waals surface area contributed by atoms with Gasteiger partial charge in [0.2, 0.25) is 0 Å². The third-order valence-electron chi connectivity index (χ3n) is 5.22. The second-order valence-corrected chi connectivity index (χ2v) is 6.94. The van der Waals surface area contributed by atoms with Gasteiger partial charge in [0.05, 0.1) is 7.11 Å². The molecule has 6 heteroatoms. The molecule has 0 aliphatic carbocycles. The molecule has 0 spiro atoms. The maximum atomic E-state index is 12.3. The van der Waals surface area contributed by atoms with E-state index in [1.807, 2.05) is 54.6 Å². The van der Waals surface area contributed by atoms with Crippen LogP contribution in [-0.4, -0.2) is 38.7 Å². The maximum absolute atomic E-state index is 12.3. The summed E-state index contributed by atoms with van der Waals surface area (Å²) in [5, 5.41) is 5.48. The molecular formula is C22H26N2O4. The lowest BCUT2D eigenvalue weighted by Crippen LogP contribution is -2.48. The fraction of sp³-hybridized carbons (Fsp3) is 0.364. The molecule has 6 nitrogen and oxygen atoms in total. The molecule has 1 aliphatic rings. The van der Waals surface area contributed by atoms with Crippen LogP contribution in [0, 0.1) is 0 Å². The molecule has 2 aromatic rings. The highest BCUT2D eigenvalue weighted by Crippen LogP contribution is 2.39. The van der Waals surface area contributed by atoms with Gasteiger partial charge in [-0.3, -0.25) is 9.59 Å². The van der Waals surface area contributed by atoms with Crippen LogP contribution >= 0.6 is 0 Å². The van der Waals surface area contributed by atoms with Crippen LogP contribution < -0.4 is 15.4 Å². The quantitative estimate of drug-likeness (QED) is 0.751. The van der Waals surface area contributed by atoms with E-state index in [1.165, 1.54) is 0 Å². The molecule has 148 valence electrons. The SMILES string of the molecule is COc1ccccc1C1(CNC(=O)C(=O)NCc2ccccc2)CCOCC1. The fourth-order valence-electron chi connectivity index (χ4n) is 3.57. The number of carbonyl (C=O) groups excluding carboxylic acids is 2. The summed E-state index contributed by atoms with van der Waals surface area (Å²) in [4.78, 5) is 24.5. The van der Waals surface area contributed by atoms with Gasteiger partial charge in [0, 0.05) is 37.3 Å². The van der Waals surface area contributed by atoms with E-state index in [0.29, 0.717) is 26.3 Å². The number of carbonyl (C=O) groups is 2. The molecule has 0 bridgehead atoms. The van der Waals surface area contributed by atoms with Crippen LogP contribution in [-0.2, 0) is 26.3 Å². The Hall–Kier alpha value is -2.86. The topological polar surface area (TPSA) is 76.7 Å². The smallest absolute Gasteiger partial charge is 0.309 e. The monoisotopic (exact) mass is 382 g/mol. The molecule has 1 fully saturated rings. The lowest BCUT2D eigenvalue weighted by atomic mass is 9.73. The van der Waals surface area contributed by atoms with Gasteiger partial charge in [-0.1, -0.05) is 48.5 Å². The predicted molar refractivity (Wildman–Crippen MR) is 106 cm³/mol. The second-order valence-electron chi connectivity index (χ2n) is 6.94. The first-order valence-corrected chi connectivity index (χ1v) is 9.46. The van der Waals surface area contributed by atoms with Crippen molar-refractivity contribution in [2.75, 3.05) is 26.9 Å². The van der Waals surface area contributed by atoms with E-state index >= 15 is 0 Å². The Kier molecular flexibility index (Phi) is 6.66. The molecule has 1 aliphatic heterocycles. The summed E-state index contributed by atoms with van der Waals surface area (Å²) in [7, 11) is 1.64. The number of hydrogen-bond donors (Lipinski definition) is 2. The van der Waals surface area contributed by atoms with Gasteiger partial charge in [0.1, 0.15) is 5.75 Å². The van der Waals surface area contributed by atoms with Crippen molar-refractivity contribution in [2.24, 2.45) is 0 Å². The Morgan fingerprint density at radius 3 is 2.32 bits per heavy atom. The zero-order valence-corrected chi connectivity index (χ0v) is 16.1. The number of nitrogens with one attached hydrogen (secondary N) is 2. The van der Waals surface area contributed by atoms with E-state index < -0.39 is 11.8 Å². The van der Waals surface area contributed by atoms with Crippen molar-refractivity contribution in [2.45, 2.75) is 24.8 Å². The molecular weight excluding hydrogens is 356 g/mol. The molecule has 0 unspecified atom stereocenters. The van der Waals surface area contributed by atoms with Crippen LogP contribution in [0.2, 0.25) is 0 Å². The zero-order valence-electron chi connectivity index (χ0n) is 16.1. The summed E-state index contributed by atoms with van der Waals surface area (Å²) in [6.45, 7) is 1.88. The average molecular weight is 382 g/mol. The Bertz CT molecular complexity index is 801. The lowest BCUT2D eigenvalue weighted by Gasteiger charge is -2.38. The Morgan fingerprint density at radius 2 is 1.61 bits per heavy atom. The number of rotatable bonds is 6. The van der Waals surface area contributed by atoms with Crippen molar-refractivity contribution in [1.82, 2.24) is 10.6 Å². The Morgan fingerprint density at radius 1 is 0.964 bits per heavy atom.